The molecule has 0 fully saturated rings. The van der Waals surface area contributed by atoms with E-state index in [0.29, 0.717) is 47.4 Å². The van der Waals surface area contributed by atoms with Crippen LogP contribution in [-0.2, 0) is 13.5 Å². The molecule has 0 spiro atoms. The molecule has 7 heteroatoms. The van der Waals surface area contributed by atoms with E-state index in [9.17, 15) is 4.79 Å². The topological polar surface area (TPSA) is 65.4 Å². The molecule has 34 heavy (non-hydrogen) atoms. The van der Waals surface area contributed by atoms with Crippen molar-refractivity contribution < 1.29 is 14.3 Å². The number of hydrogen-bond donors (Lipinski definition) is 1. The molecule has 3 aromatic carbocycles. The quantitative estimate of drug-likeness (QED) is 0.430. The molecule has 0 aliphatic carbocycles. The summed E-state index contributed by atoms with van der Waals surface area (Å²) in [4.78, 5) is 13.6. The Balaban J connectivity index is 1.49. The zero-order valence-electron chi connectivity index (χ0n) is 18.7. The van der Waals surface area contributed by atoms with E-state index in [1.54, 1.807) is 10.9 Å². The molecular formula is C27H24ClN3O3. The predicted octanol–water partition coefficient (Wildman–Crippen LogP) is 4.95. The molecule has 1 aliphatic heterocycles. The Labute approximate surface area is 203 Å². The number of rotatable bonds is 6. The van der Waals surface area contributed by atoms with Gasteiger partial charge in [-0.05, 0) is 34.9 Å². The first-order chi connectivity index (χ1) is 16.6. The summed E-state index contributed by atoms with van der Waals surface area (Å²) in [6.07, 6.45) is 2.31. The number of carbonyl (C=O) groups is 1. The molecule has 1 aliphatic rings. The van der Waals surface area contributed by atoms with Gasteiger partial charge in [0.05, 0.1) is 17.3 Å². The van der Waals surface area contributed by atoms with Crippen molar-refractivity contribution in [1.82, 2.24) is 15.1 Å². The maximum Gasteiger partial charge on any atom is 0.255 e. The second-order valence-electron chi connectivity index (χ2n) is 8.16. The Morgan fingerprint density at radius 3 is 2.56 bits per heavy atom. The molecule has 172 valence electrons. The number of fused-ring (bicyclic) bond motifs is 1. The maximum atomic E-state index is 13.6. The fraction of sp³-hybridized carbons (Fsp3) is 0.185. The molecule has 0 radical (unpaired) electrons. The fourth-order valence-corrected chi connectivity index (χ4v) is 4.39. The van der Waals surface area contributed by atoms with Crippen LogP contribution in [0, 0.1) is 0 Å². The highest BCUT2D eigenvalue weighted by Gasteiger charge is 2.25. The summed E-state index contributed by atoms with van der Waals surface area (Å²) in [5.74, 6) is 1.12. The smallest absolute Gasteiger partial charge is 0.255 e. The van der Waals surface area contributed by atoms with Gasteiger partial charge < -0.3 is 14.8 Å². The molecule has 0 saturated heterocycles. The largest absolute Gasteiger partial charge is 0.486 e. The minimum Gasteiger partial charge on any atom is -0.486 e. The molecule has 6 nitrogen and oxygen atoms in total. The highest BCUT2D eigenvalue weighted by Crippen LogP contribution is 2.36. The lowest BCUT2D eigenvalue weighted by Crippen LogP contribution is -2.30. The molecule has 1 unspecified atom stereocenters. The van der Waals surface area contributed by atoms with Crippen LogP contribution in [0.5, 0.6) is 11.5 Å². The van der Waals surface area contributed by atoms with Gasteiger partial charge in [0.25, 0.3) is 5.91 Å². The number of ether oxygens (including phenoxy) is 2. The van der Waals surface area contributed by atoms with Crippen LogP contribution in [0.1, 0.15) is 38.8 Å². The highest BCUT2D eigenvalue weighted by atomic mass is 35.5. The van der Waals surface area contributed by atoms with Crippen molar-refractivity contribution in [2.24, 2.45) is 7.05 Å². The number of hydrogen-bond acceptors (Lipinski definition) is 4. The Morgan fingerprint density at radius 2 is 1.76 bits per heavy atom. The first kappa shape index (κ1) is 22.0. The third kappa shape index (κ3) is 4.63. The van der Waals surface area contributed by atoms with Crippen LogP contribution in [0.15, 0.2) is 79.0 Å². The van der Waals surface area contributed by atoms with Gasteiger partial charge in [-0.25, -0.2) is 0 Å². The Hall–Kier alpha value is -3.77. The van der Waals surface area contributed by atoms with Gasteiger partial charge in [-0.15, -0.1) is 0 Å². The second kappa shape index (κ2) is 9.61. The second-order valence-corrected chi connectivity index (χ2v) is 8.56. The predicted molar refractivity (Wildman–Crippen MR) is 131 cm³/mol. The standard InChI is InChI=1S/C27H24ClN3O3/c1-31-17-21(23(30-31)15-18-7-3-2-4-8-18)27(32)29-26(20-9-5-6-10-22(20)28)19-11-12-24-25(16-19)34-14-13-33-24/h2-12,16-17,26H,13-15H2,1H3,(H,29,32). The van der Waals surface area contributed by atoms with E-state index in [2.05, 4.69) is 10.4 Å². The number of benzene rings is 3. The van der Waals surface area contributed by atoms with Crippen molar-refractivity contribution in [2.75, 3.05) is 13.2 Å². The lowest BCUT2D eigenvalue weighted by Gasteiger charge is -2.24. The van der Waals surface area contributed by atoms with E-state index >= 15 is 0 Å². The van der Waals surface area contributed by atoms with Crippen molar-refractivity contribution in [3.05, 3.63) is 112 Å². The van der Waals surface area contributed by atoms with E-state index < -0.39 is 6.04 Å². The molecule has 0 saturated carbocycles. The van der Waals surface area contributed by atoms with E-state index in [0.717, 1.165) is 16.7 Å². The average Bonchev–Trinajstić information content (AvgIpc) is 3.23. The minimum absolute atomic E-state index is 0.223. The number of nitrogens with one attached hydrogen (secondary N) is 1. The van der Waals surface area contributed by atoms with Crippen LogP contribution in [0.25, 0.3) is 0 Å². The lowest BCUT2D eigenvalue weighted by atomic mass is 9.97. The molecule has 1 amide bonds. The Bertz CT molecular complexity index is 1320. The normalized spacial score (nSPS) is 13.4. The number of aromatic nitrogens is 2. The van der Waals surface area contributed by atoms with Crippen molar-refractivity contribution in [3.63, 3.8) is 0 Å². The van der Waals surface area contributed by atoms with Gasteiger partial charge in [-0.1, -0.05) is 66.2 Å². The van der Waals surface area contributed by atoms with E-state index in [-0.39, 0.29) is 5.91 Å². The van der Waals surface area contributed by atoms with Crippen molar-refractivity contribution >= 4 is 17.5 Å². The van der Waals surface area contributed by atoms with Gasteiger partial charge in [0.15, 0.2) is 11.5 Å². The summed E-state index contributed by atoms with van der Waals surface area (Å²) < 4.78 is 13.1. The van der Waals surface area contributed by atoms with E-state index in [1.807, 2.05) is 79.8 Å². The number of aryl methyl sites for hydroxylation is 1. The van der Waals surface area contributed by atoms with Crippen molar-refractivity contribution in [3.8, 4) is 11.5 Å². The molecule has 2 heterocycles. The zero-order valence-corrected chi connectivity index (χ0v) is 19.5. The van der Waals surface area contributed by atoms with Crippen molar-refractivity contribution in [2.45, 2.75) is 12.5 Å². The van der Waals surface area contributed by atoms with Crippen LogP contribution >= 0.6 is 11.6 Å². The Morgan fingerprint density at radius 1 is 1.03 bits per heavy atom. The maximum absolute atomic E-state index is 13.6. The van der Waals surface area contributed by atoms with Crippen LogP contribution in [-0.4, -0.2) is 28.9 Å². The third-order valence-corrected chi connectivity index (χ3v) is 6.10. The number of carbonyl (C=O) groups excluding carboxylic acids is 1. The summed E-state index contributed by atoms with van der Waals surface area (Å²) >= 11 is 6.56. The van der Waals surface area contributed by atoms with Crippen LogP contribution in [0.2, 0.25) is 5.02 Å². The third-order valence-electron chi connectivity index (χ3n) is 5.76. The summed E-state index contributed by atoms with van der Waals surface area (Å²) in [7, 11) is 1.82. The fourth-order valence-electron chi connectivity index (χ4n) is 4.14. The Kier molecular flexibility index (Phi) is 6.23. The van der Waals surface area contributed by atoms with Gasteiger partial charge in [0, 0.05) is 24.7 Å². The summed E-state index contributed by atoms with van der Waals surface area (Å²) in [5, 5.41) is 8.30. The van der Waals surface area contributed by atoms with Crippen LogP contribution in [0.4, 0.5) is 0 Å². The van der Waals surface area contributed by atoms with Gasteiger partial charge >= 0.3 is 0 Å². The summed E-state index contributed by atoms with van der Waals surface area (Å²) in [6.45, 7) is 1.00. The zero-order chi connectivity index (χ0) is 23.5. The first-order valence-corrected chi connectivity index (χ1v) is 11.5. The summed E-state index contributed by atoms with van der Waals surface area (Å²) in [6, 6.07) is 22.7. The van der Waals surface area contributed by atoms with Gasteiger partial charge in [0.1, 0.15) is 13.2 Å². The molecule has 0 bridgehead atoms. The molecule has 1 N–H and O–H groups in total. The van der Waals surface area contributed by atoms with Gasteiger partial charge in [-0.3, -0.25) is 9.48 Å². The molecule has 4 aromatic rings. The van der Waals surface area contributed by atoms with Gasteiger partial charge in [-0.2, -0.15) is 5.10 Å². The number of halogens is 1. The molecule has 1 atom stereocenters. The highest BCUT2D eigenvalue weighted by molar-refractivity contribution is 6.31. The van der Waals surface area contributed by atoms with Gasteiger partial charge in [0.2, 0.25) is 0 Å². The monoisotopic (exact) mass is 473 g/mol. The van der Waals surface area contributed by atoms with Crippen LogP contribution < -0.4 is 14.8 Å². The van der Waals surface area contributed by atoms with E-state index in [1.165, 1.54) is 0 Å². The lowest BCUT2D eigenvalue weighted by molar-refractivity contribution is 0.0942. The number of amides is 1. The SMILES string of the molecule is Cn1cc(C(=O)NC(c2ccc3c(c2)OCCO3)c2ccccc2Cl)c(Cc2ccccc2)n1. The van der Waals surface area contributed by atoms with E-state index in [4.69, 9.17) is 21.1 Å². The molecular weight excluding hydrogens is 450 g/mol. The minimum atomic E-state index is -0.484. The van der Waals surface area contributed by atoms with Crippen LogP contribution in [0.3, 0.4) is 0 Å². The van der Waals surface area contributed by atoms with Crippen molar-refractivity contribution in [1.29, 1.82) is 0 Å². The average molecular weight is 474 g/mol. The molecule has 5 rings (SSSR count). The first-order valence-electron chi connectivity index (χ1n) is 11.1. The summed E-state index contributed by atoms with van der Waals surface area (Å²) in [5.41, 5.74) is 3.97. The molecule has 1 aromatic heterocycles. The number of nitrogens with zero attached hydrogens (tertiary/aromatic N) is 2.